The van der Waals surface area contributed by atoms with Gasteiger partial charge in [0.15, 0.2) is 0 Å². The monoisotopic (exact) mass is 375 g/mol. The molecule has 1 aliphatic rings. The van der Waals surface area contributed by atoms with Crippen LogP contribution >= 0.6 is 27.5 Å². The third-order valence-electron chi connectivity index (χ3n) is 3.10. The lowest BCUT2D eigenvalue weighted by Crippen LogP contribution is -2.29. The van der Waals surface area contributed by atoms with Gasteiger partial charge >= 0.3 is 0 Å². The summed E-state index contributed by atoms with van der Waals surface area (Å²) >= 11 is 9.54. The van der Waals surface area contributed by atoms with Crippen molar-refractivity contribution in [3.63, 3.8) is 0 Å². The number of nitrogens with zero attached hydrogens (tertiary/aromatic N) is 2. The van der Waals surface area contributed by atoms with Crippen LogP contribution in [0.5, 0.6) is 0 Å². The fourth-order valence-corrected chi connectivity index (χ4v) is 2.64. The zero-order valence-corrected chi connectivity index (χ0v) is 13.7. The van der Waals surface area contributed by atoms with Gasteiger partial charge in [0.25, 0.3) is 0 Å². The summed E-state index contributed by atoms with van der Waals surface area (Å²) in [4.78, 5) is 0. The van der Waals surface area contributed by atoms with Crippen molar-refractivity contribution in [2.24, 2.45) is 11.5 Å². The molecule has 5 N–H and O–H groups in total. The van der Waals surface area contributed by atoms with Gasteiger partial charge in [-0.25, -0.2) is 0 Å². The number of halogens is 2. The zero-order valence-electron chi connectivity index (χ0n) is 11.3. The molecular weight excluding hydrogens is 366 g/mol. The molecular formula is C15H11BrClN5. The molecule has 0 amide bonds. The normalized spacial score (nSPS) is 16.8. The fraction of sp³-hybridized carbons (Fsp3) is 0.0667. The Balaban J connectivity index is 2.89. The summed E-state index contributed by atoms with van der Waals surface area (Å²) in [7, 11) is 0. The first-order valence-corrected chi connectivity index (χ1v) is 7.37. The minimum Gasteiger partial charge on any atom is -0.384 e. The number of nitrogens with one attached hydrogen (secondary N) is 1. The van der Waals surface area contributed by atoms with Crippen LogP contribution in [-0.2, 0) is 0 Å². The average Bonchev–Trinajstić information content (AvgIpc) is 2.53. The third kappa shape index (κ3) is 2.72. The standard InChI is InChI=1S/C15H11BrClN5/c16-11(7-20)14-9(5-18)13(10(6-19)15(21)22-14)8-3-1-2-4-12(8)17/h1-4,22H,7,20-21H2/b14-11+. The molecule has 0 unspecified atom stereocenters. The molecule has 1 aliphatic heterocycles. The highest BCUT2D eigenvalue weighted by atomic mass is 79.9. The Morgan fingerprint density at radius 3 is 2.41 bits per heavy atom. The first-order chi connectivity index (χ1) is 10.5. The first-order valence-electron chi connectivity index (χ1n) is 6.20. The Hall–Kier alpha value is -2.25. The van der Waals surface area contributed by atoms with Gasteiger partial charge in [-0.05, 0) is 6.07 Å². The molecule has 0 aromatic heterocycles. The summed E-state index contributed by atoms with van der Waals surface area (Å²) in [6.45, 7) is 0.179. The van der Waals surface area contributed by atoms with Crippen LogP contribution in [0.3, 0.4) is 0 Å². The number of nitriles is 2. The van der Waals surface area contributed by atoms with E-state index in [0.717, 1.165) is 0 Å². The smallest absolute Gasteiger partial charge is 0.119 e. The number of dihydropyridines is 1. The van der Waals surface area contributed by atoms with Crippen LogP contribution in [0.4, 0.5) is 0 Å². The lowest BCUT2D eigenvalue weighted by Gasteiger charge is -2.23. The third-order valence-corrected chi connectivity index (χ3v) is 4.15. The summed E-state index contributed by atoms with van der Waals surface area (Å²) in [5.74, 6) is 0.150. The van der Waals surface area contributed by atoms with Crippen molar-refractivity contribution < 1.29 is 0 Å². The number of nitrogens with two attached hydrogens (primary N) is 2. The highest BCUT2D eigenvalue weighted by Crippen LogP contribution is 2.38. The number of hydrogen-bond acceptors (Lipinski definition) is 5. The molecule has 1 aromatic carbocycles. The Morgan fingerprint density at radius 1 is 1.23 bits per heavy atom. The lowest BCUT2D eigenvalue weighted by atomic mass is 9.89. The van der Waals surface area contributed by atoms with Gasteiger partial charge in [-0.3, -0.25) is 0 Å². The van der Waals surface area contributed by atoms with Crippen molar-refractivity contribution in [3.05, 3.63) is 62.0 Å². The van der Waals surface area contributed by atoms with E-state index in [1.807, 2.05) is 6.07 Å². The largest absolute Gasteiger partial charge is 0.384 e. The van der Waals surface area contributed by atoms with Crippen LogP contribution in [-0.4, -0.2) is 6.54 Å². The molecule has 0 saturated carbocycles. The molecule has 0 spiro atoms. The summed E-state index contributed by atoms with van der Waals surface area (Å²) in [5, 5.41) is 22.3. The summed E-state index contributed by atoms with van der Waals surface area (Å²) < 4.78 is 0.577. The van der Waals surface area contributed by atoms with Gasteiger partial charge in [0.1, 0.15) is 23.5 Å². The van der Waals surface area contributed by atoms with E-state index in [4.69, 9.17) is 23.1 Å². The van der Waals surface area contributed by atoms with Crippen LogP contribution in [0, 0.1) is 22.7 Å². The molecule has 0 atom stereocenters. The SMILES string of the molecule is N#CC1=C(N)N/C(=C(/Br)CN)C(C#N)=C1c1ccccc1Cl. The predicted octanol–water partition coefficient (Wildman–Crippen LogP) is 2.48. The van der Waals surface area contributed by atoms with Crippen molar-refractivity contribution in [3.8, 4) is 12.1 Å². The van der Waals surface area contributed by atoms with E-state index in [2.05, 4.69) is 27.3 Å². The van der Waals surface area contributed by atoms with Crippen LogP contribution in [0.15, 0.2) is 51.4 Å². The molecule has 5 nitrogen and oxygen atoms in total. The number of benzene rings is 1. The maximum Gasteiger partial charge on any atom is 0.119 e. The highest BCUT2D eigenvalue weighted by molar-refractivity contribution is 9.11. The van der Waals surface area contributed by atoms with Gasteiger partial charge in [-0.1, -0.05) is 45.7 Å². The van der Waals surface area contributed by atoms with E-state index in [1.54, 1.807) is 24.3 Å². The van der Waals surface area contributed by atoms with E-state index in [9.17, 15) is 10.5 Å². The van der Waals surface area contributed by atoms with E-state index >= 15 is 0 Å². The summed E-state index contributed by atoms with van der Waals surface area (Å²) in [5.41, 5.74) is 13.4. The van der Waals surface area contributed by atoms with Crippen molar-refractivity contribution in [2.45, 2.75) is 0 Å². The van der Waals surface area contributed by atoms with Crippen molar-refractivity contribution in [1.82, 2.24) is 5.32 Å². The maximum atomic E-state index is 9.57. The molecule has 0 saturated heterocycles. The second-order valence-electron chi connectivity index (χ2n) is 4.35. The second-order valence-corrected chi connectivity index (χ2v) is 5.72. The van der Waals surface area contributed by atoms with E-state index < -0.39 is 0 Å². The lowest BCUT2D eigenvalue weighted by molar-refractivity contribution is 0.928. The van der Waals surface area contributed by atoms with Crippen LogP contribution < -0.4 is 16.8 Å². The molecule has 0 radical (unpaired) electrons. The molecule has 1 heterocycles. The van der Waals surface area contributed by atoms with Gasteiger partial charge in [0.05, 0.1) is 11.3 Å². The predicted molar refractivity (Wildman–Crippen MR) is 89.0 cm³/mol. The van der Waals surface area contributed by atoms with Crippen molar-refractivity contribution in [1.29, 1.82) is 10.5 Å². The second kappa shape index (κ2) is 6.67. The quantitative estimate of drug-likeness (QED) is 0.734. The molecule has 110 valence electrons. The molecule has 0 bridgehead atoms. The fourth-order valence-electron chi connectivity index (χ4n) is 2.11. The number of allylic oxidation sites excluding steroid dienone is 3. The van der Waals surface area contributed by atoms with Crippen LogP contribution in [0.25, 0.3) is 5.57 Å². The van der Waals surface area contributed by atoms with E-state index in [1.165, 1.54) is 0 Å². The Kier molecular flexibility index (Phi) is 4.89. The molecule has 0 aliphatic carbocycles. The molecule has 22 heavy (non-hydrogen) atoms. The zero-order chi connectivity index (χ0) is 16.3. The minimum absolute atomic E-state index is 0.150. The van der Waals surface area contributed by atoms with Gasteiger partial charge < -0.3 is 16.8 Å². The van der Waals surface area contributed by atoms with Crippen molar-refractivity contribution >= 4 is 33.1 Å². The number of hydrogen-bond donors (Lipinski definition) is 3. The van der Waals surface area contributed by atoms with Crippen LogP contribution in [0.1, 0.15) is 5.56 Å². The van der Waals surface area contributed by atoms with Gasteiger partial charge in [-0.15, -0.1) is 0 Å². The van der Waals surface area contributed by atoms with Crippen molar-refractivity contribution in [2.75, 3.05) is 6.54 Å². The molecule has 1 aromatic rings. The molecule has 2 rings (SSSR count). The van der Waals surface area contributed by atoms with Gasteiger partial charge in [0, 0.05) is 27.2 Å². The molecule has 0 fully saturated rings. The molecule has 7 heteroatoms. The Labute approximate surface area is 141 Å². The van der Waals surface area contributed by atoms with Crippen LogP contribution in [0.2, 0.25) is 5.02 Å². The summed E-state index contributed by atoms with van der Waals surface area (Å²) in [6, 6.07) is 11.1. The maximum absolute atomic E-state index is 9.57. The van der Waals surface area contributed by atoms with E-state index in [0.29, 0.717) is 26.3 Å². The highest BCUT2D eigenvalue weighted by Gasteiger charge is 2.27. The Morgan fingerprint density at radius 2 is 1.86 bits per heavy atom. The Bertz CT molecular complexity index is 808. The number of rotatable bonds is 2. The summed E-state index contributed by atoms with van der Waals surface area (Å²) in [6.07, 6.45) is 0. The average molecular weight is 377 g/mol. The van der Waals surface area contributed by atoms with E-state index in [-0.39, 0.29) is 23.5 Å². The van der Waals surface area contributed by atoms with Gasteiger partial charge in [-0.2, -0.15) is 10.5 Å². The minimum atomic E-state index is 0.150. The first kappa shape index (κ1) is 16.1. The van der Waals surface area contributed by atoms with Gasteiger partial charge in [0.2, 0.25) is 0 Å². The topological polar surface area (TPSA) is 112 Å².